The third-order valence-electron chi connectivity index (χ3n) is 3.07. The van der Waals surface area contributed by atoms with E-state index in [9.17, 15) is 4.39 Å². The van der Waals surface area contributed by atoms with Gasteiger partial charge >= 0.3 is 0 Å². The van der Waals surface area contributed by atoms with Crippen molar-refractivity contribution in [3.63, 3.8) is 0 Å². The van der Waals surface area contributed by atoms with E-state index in [2.05, 4.69) is 11.1 Å². The maximum atomic E-state index is 12.8. The molecule has 80 valence electrons. The maximum absolute atomic E-state index is 12.8. The fraction of sp³-hybridized carbons (Fsp3) is 0.214. The first-order chi connectivity index (χ1) is 7.83. The number of rotatable bonds is 1. The number of hydrogen-bond donors (Lipinski definition) is 0. The van der Waals surface area contributed by atoms with E-state index in [0.717, 1.165) is 24.1 Å². The van der Waals surface area contributed by atoms with Gasteiger partial charge in [0.1, 0.15) is 5.82 Å². The third kappa shape index (κ3) is 1.60. The topological polar surface area (TPSA) is 12.9 Å². The van der Waals surface area contributed by atoms with E-state index in [1.54, 1.807) is 12.1 Å². The van der Waals surface area contributed by atoms with Crippen molar-refractivity contribution in [2.45, 2.75) is 19.3 Å². The van der Waals surface area contributed by atoms with Gasteiger partial charge in [0.15, 0.2) is 0 Å². The number of nitrogens with zero attached hydrogens (tertiary/aromatic N) is 1. The Morgan fingerprint density at radius 1 is 0.938 bits per heavy atom. The van der Waals surface area contributed by atoms with Gasteiger partial charge in [0.25, 0.3) is 0 Å². The predicted molar refractivity (Wildman–Crippen MR) is 61.7 cm³/mol. The Balaban J connectivity index is 2.03. The van der Waals surface area contributed by atoms with Crippen LogP contribution in [0.1, 0.15) is 17.7 Å². The van der Waals surface area contributed by atoms with E-state index in [1.165, 1.54) is 29.8 Å². The lowest BCUT2D eigenvalue weighted by atomic mass is 10.1. The van der Waals surface area contributed by atoms with Crippen molar-refractivity contribution in [2.75, 3.05) is 0 Å². The molecule has 0 aliphatic heterocycles. The van der Waals surface area contributed by atoms with E-state index >= 15 is 0 Å². The largest absolute Gasteiger partial charge is 0.253 e. The number of halogens is 1. The highest BCUT2D eigenvalue weighted by atomic mass is 19.1. The van der Waals surface area contributed by atoms with Crippen molar-refractivity contribution in [1.29, 1.82) is 0 Å². The summed E-state index contributed by atoms with van der Waals surface area (Å²) in [6.07, 6.45) is 3.42. The summed E-state index contributed by atoms with van der Waals surface area (Å²) in [7, 11) is 0. The molecule has 0 spiro atoms. The van der Waals surface area contributed by atoms with Gasteiger partial charge < -0.3 is 0 Å². The van der Waals surface area contributed by atoms with Gasteiger partial charge in [0.2, 0.25) is 0 Å². The summed E-state index contributed by atoms with van der Waals surface area (Å²) in [5.41, 5.74) is 4.50. The Morgan fingerprint density at radius 3 is 2.56 bits per heavy atom. The Hall–Kier alpha value is -1.70. The average Bonchev–Trinajstić information content (AvgIpc) is 2.77. The van der Waals surface area contributed by atoms with E-state index in [-0.39, 0.29) is 5.82 Å². The molecule has 16 heavy (non-hydrogen) atoms. The molecule has 0 radical (unpaired) electrons. The second-order valence-electron chi connectivity index (χ2n) is 4.16. The van der Waals surface area contributed by atoms with Crippen LogP contribution in [0.3, 0.4) is 0 Å². The number of hydrogen-bond acceptors (Lipinski definition) is 1. The summed E-state index contributed by atoms with van der Waals surface area (Å²) in [6, 6.07) is 10.7. The van der Waals surface area contributed by atoms with Crippen LogP contribution in [0.4, 0.5) is 4.39 Å². The lowest BCUT2D eigenvalue weighted by Gasteiger charge is -2.04. The molecule has 0 amide bonds. The maximum Gasteiger partial charge on any atom is 0.123 e. The van der Waals surface area contributed by atoms with Crippen molar-refractivity contribution in [1.82, 2.24) is 4.98 Å². The van der Waals surface area contributed by atoms with Gasteiger partial charge in [0, 0.05) is 11.3 Å². The summed E-state index contributed by atoms with van der Waals surface area (Å²) >= 11 is 0. The molecule has 2 heteroatoms. The van der Waals surface area contributed by atoms with E-state index in [1.807, 2.05) is 6.07 Å². The fourth-order valence-electron chi connectivity index (χ4n) is 2.20. The van der Waals surface area contributed by atoms with Crippen molar-refractivity contribution in [3.05, 3.63) is 53.5 Å². The second-order valence-corrected chi connectivity index (χ2v) is 4.16. The van der Waals surface area contributed by atoms with Crippen LogP contribution in [-0.2, 0) is 12.8 Å². The number of aromatic nitrogens is 1. The van der Waals surface area contributed by atoms with Gasteiger partial charge in [-0.3, -0.25) is 4.98 Å². The van der Waals surface area contributed by atoms with Gasteiger partial charge in [-0.05, 0) is 55.2 Å². The number of pyridine rings is 1. The molecule has 1 nitrogen and oxygen atoms in total. The first-order valence-corrected chi connectivity index (χ1v) is 5.58. The smallest absolute Gasteiger partial charge is 0.123 e. The van der Waals surface area contributed by atoms with Crippen LogP contribution in [-0.4, -0.2) is 4.98 Å². The standard InChI is InChI=1S/C14H12FN/c15-12-7-4-11(5-8-12)14-9-6-10-2-1-3-13(10)16-14/h4-9H,1-3H2. The lowest BCUT2D eigenvalue weighted by molar-refractivity contribution is 0.628. The summed E-state index contributed by atoms with van der Waals surface area (Å²) < 4.78 is 12.8. The normalized spacial score (nSPS) is 13.8. The highest BCUT2D eigenvalue weighted by Crippen LogP contribution is 2.24. The zero-order valence-electron chi connectivity index (χ0n) is 8.91. The minimum Gasteiger partial charge on any atom is -0.253 e. The van der Waals surface area contributed by atoms with Crippen molar-refractivity contribution >= 4 is 0 Å². The fourth-order valence-corrected chi connectivity index (χ4v) is 2.20. The SMILES string of the molecule is Fc1ccc(-c2ccc3c(n2)CCC3)cc1. The zero-order valence-corrected chi connectivity index (χ0v) is 8.91. The molecule has 3 rings (SSSR count). The van der Waals surface area contributed by atoms with Crippen LogP contribution < -0.4 is 0 Å². The Labute approximate surface area is 94.0 Å². The minimum absolute atomic E-state index is 0.204. The molecular formula is C14H12FN. The zero-order chi connectivity index (χ0) is 11.0. The quantitative estimate of drug-likeness (QED) is 0.707. The van der Waals surface area contributed by atoms with Crippen LogP contribution in [0, 0.1) is 5.82 Å². The molecule has 0 unspecified atom stereocenters. The molecule has 0 N–H and O–H groups in total. The Morgan fingerprint density at radius 2 is 1.75 bits per heavy atom. The summed E-state index contributed by atoms with van der Waals surface area (Å²) in [5, 5.41) is 0. The van der Waals surface area contributed by atoms with Crippen LogP contribution in [0.25, 0.3) is 11.3 Å². The van der Waals surface area contributed by atoms with E-state index in [4.69, 9.17) is 0 Å². The molecule has 0 saturated carbocycles. The molecule has 2 aromatic rings. The van der Waals surface area contributed by atoms with Crippen molar-refractivity contribution < 1.29 is 4.39 Å². The molecule has 0 fully saturated rings. The number of benzene rings is 1. The third-order valence-corrected chi connectivity index (χ3v) is 3.07. The molecule has 1 aliphatic carbocycles. The summed E-state index contributed by atoms with van der Waals surface area (Å²) in [5.74, 6) is -0.204. The average molecular weight is 213 g/mol. The second kappa shape index (κ2) is 3.71. The van der Waals surface area contributed by atoms with Crippen LogP contribution >= 0.6 is 0 Å². The van der Waals surface area contributed by atoms with E-state index < -0.39 is 0 Å². The van der Waals surface area contributed by atoms with Crippen LogP contribution in [0.5, 0.6) is 0 Å². The van der Waals surface area contributed by atoms with Gasteiger partial charge in [-0.2, -0.15) is 0 Å². The molecular weight excluding hydrogens is 201 g/mol. The number of fused-ring (bicyclic) bond motifs is 1. The predicted octanol–water partition coefficient (Wildman–Crippen LogP) is 3.38. The van der Waals surface area contributed by atoms with Gasteiger partial charge in [-0.25, -0.2) is 4.39 Å². The molecule has 1 aromatic heterocycles. The molecule has 0 bridgehead atoms. The lowest BCUT2D eigenvalue weighted by Crippen LogP contribution is -1.91. The van der Waals surface area contributed by atoms with Gasteiger partial charge in [-0.1, -0.05) is 6.07 Å². The van der Waals surface area contributed by atoms with E-state index in [0.29, 0.717) is 0 Å². The highest BCUT2D eigenvalue weighted by molar-refractivity contribution is 5.59. The summed E-state index contributed by atoms with van der Waals surface area (Å²) in [4.78, 5) is 4.63. The molecule has 1 heterocycles. The minimum atomic E-state index is -0.204. The van der Waals surface area contributed by atoms with Crippen LogP contribution in [0.15, 0.2) is 36.4 Å². The van der Waals surface area contributed by atoms with Crippen molar-refractivity contribution in [2.24, 2.45) is 0 Å². The molecule has 1 aliphatic rings. The first-order valence-electron chi connectivity index (χ1n) is 5.58. The highest BCUT2D eigenvalue weighted by Gasteiger charge is 2.12. The van der Waals surface area contributed by atoms with Gasteiger partial charge in [0.05, 0.1) is 5.69 Å². The van der Waals surface area contributed by atoms with Crippen LogP contribution in [0.2, 0.25) is 0 Å². The monoisotopic (exact) mass is 213 g/mol. The molecule has 1 aromatic carbocycles. The van der Waals surface area contributed by atoms with Crippen molar-refractivity contribution in [3.8, 4) is 11.3 Å². The number of aryl methyl sites for hydroxylation is 2. The first kappa shape index (κ1) is 9.52. The van der Waals surface area contributed by atoms with Gasteiger partial charge in [-0.15, -0.1) is 0 Å². The molecule has 0 saturated heterocycles. The Kier molecular flexibility index (Phi) is 2.21. The Bertz CT molecular complexity index is 517. The summed E-state index contributed by atoms with van der Waals surface area (Å²) in [6.45, 7) is 0. The molecule has 0 atom stereocenters.